The summed E-state index contributed by atoms with van der Waals surface area (Å²) in [5.74, 6) is 1.53. The van der Waals surface area contributed by atoms with Crippen LogP contribution >= 0.6 is 11.8 Å². The first-order valence-corrected chi connectivity index (χ1v) is 12.3. The minimum Gasteiger partial charge on any atom is -0.484 e. The standard InChI is InChI=1S/C28H25N3O4S/c32-27(29-18-25-5-4-16-34-25)19-35-24-14-10-21(11-15-24)17-30-31-28(33)23-12-8-22(9-13-23)20-36-26-6-2-1-3-7-26/h1-17H,18-20H2,(H,29,32)(H,31,33)/b30-17-. The molecular formula is C28H25N3O4S. The van der Waals surface area contributed by atoms with Crippen LogP contribution in [0.5, 0.6) is 5.75 Å². The zero-order chi connectivity index (χ0) is 25.0. The number of rotatable bonds is 11. The van der Waals surface area contributed by atoms with Crippen LogP contribution < -0.4 is 15.5 Å². The molecule has 4 aromatic rings. The summed E-state index contributed by atoms with van der Waals surface area (Å²) in [5, 5.41) is 6.74. The Morgan fingerprint density at radius 1 is 0.917 bits per heavy atom. The quantitative estimate of drug-likeness (QED) is 0.172. The lowest BCUT2D eigenvalue weighted by atomic mass is 10.1. The van der Waals surface area contributed by atoms with Gasteiger partial charge < -0.3 is 14.5 Å². The molecule has 0 radical (unpaired) electrons. The highest BCUT2D eigenvalue weighted by Crippen LogP contribution is 2.22. The second kappa shape index (κ2) is 13.0. The molecule has 0 aliphatic heterocycles. The molecule has 8 heteroatoms. The topological polar surface area (TPSA) is 92.9 Å². The number of ether oxygens (including phenoxy) is 1. The summed E-state index contributed by atoms with van der Waals surface area (Å²) in [4.78, 5) is 25.4. The molecule has 36 heavy (non-hydrogen) atoms. The third-order valence-electron chi connectivity index (χ3n) is 5.03. The lowest BCUT2D eigenvalue weighted by Gasteiger charge is -2.07. The first-order chi connectivity index (χ1) is 17.7. The third kappa shape index (κ3) is 7.89. The largest absolute Gasteiger partial charge is 0.484 e. The van der Waals surface area contributed by atoms with Crippen molar-refractivity contribution in [1.82, 2.24) is 10.7 Å². The number of hydrogen-bond acceptors (Lipinski definition) is 6. The Labute approximate surface area is 213 Å². The highest BCUT2D eigenvalue weighted by Gasteiger charge is 2.06. The average Bonchev–Trinajstić information content (AvgIpc) is 3.45. The summed E-state index contributed by atoms with van der Waals surface area (Å²) in [6.45, 7) is 0.210. The van der Waals surface area contributed by atoms with Crippen molar-refractivity contribution in [1.29, 1.82) is 0 Å². The summed E-state index contributed by atoms with van der Waals surface area (Å²) < 4.78 is 10.7. The van der Waals surface area contributed by atoms with Gasteiger partial charge in [-0.3, -0.25) is 9.59 Å². The van der Waals surface area contributed by atoms with Crippen LogP contribution in [-0.4, -0.2) is 24.6 Å². The van der Waals surface area contributed by atoms with Crippen molar-refractivity contribution in [2.75, 3.05) is 6.61 Å². The van der Waals surface area contributed by atoms with Gasteiger partial charge in [0.1, 0.15) is 11.5 Å². The minimum absolute atomic E-state index is 0.103. The first kappa shape index (κ1) is 24.8. The normalized spacial score (nSPS) is 10.8. The predicted molar refractivity (Wildman–Crippen MR) is 140 cm³/mol. The van der Waals surface area contributed by atoms with Gasteiger partial charge in [0.05, 0.1) is 19.0 Å². The number of thioether (sulfide) groups is 1. The van der Waals surface area contributed by atoms with Gasteiger partial charge in [0.15, 0.2) is 6.61 Å². The van der Waals surface area contributed by atoms with Crippen LogP contribution in [0.25, 0.3) is 0 Å². The Kier molecular flexibility index (Phi) is 8.94. The van der Waals surface area contributed by atoms with Gasteiger partial charge >= 0.3 is 0 Å². The molecule has 0 saturated carbocycles. The van der Waals surface area contributed by atoms with Gasteiger partial charge in [-0.2, -0.15) is 5.10 Å². The maximum Gasteiger partial charge on any atom is 0.271 e. The van der Waals surface area contributed by atoms with Crippen molar-refractivity contribution >= 4 is 29.8 Å². The Hall–Kier alpha value is -4.30. The summed E-state index contributed by atoms with van der Waals surface area (Å²) in [5.41, 5.74) is 4.99. The van der Waals surface area contributed by atoms with Crippen LogP contribution in [0.15, 0.2) is 112 Å². The zero-order valence-electron chi connectivity index (χ0n) is 19.4. The molecule has 4 rings (SSSR count). The molecule has 0 fully saturated rings. The van der Waals surface area contributed by atoms with Crippen molar-refractivity contribution < 1.29 is 18.7 Å². The highest BCUT2D eigenvalue weighted by molar-refractivity contribution is 7.98. The van der Waals surface area contributed by atoms with E-state index in [1.54, 1.807) is 72.8 Å². The second-order valence-electron chi connectivity index (χ2n) is 7.71. The van der Waals surface area contributed by atoms with E-state index in [9.17, 15) is 9.59 Å². The Balaban J connectivity index is 1.18. The van der Waals surface area contributed by atoms with Crippen LogP contribution in [0, 0.1) is 0 Å². The van der Waals surface area contributed by atoms with Gasteiger partial charge in [-0.25, -0.2) is 5.43 Å². The molecule has 0 atom stereocenters. The number of hydrogen-bond donors (Lipinski definition) is 2. The van der Waals surface area contributed by atoms with E-state index < -0.39 is 0 Å². The van der Waals surface area contributed by atoms with Crippen LogP contribution in [0.1, 0.15) is 27.2 Å². The molecule has 0 unspecified atom stereocenters. The molecule has 182 valence electrons. The molecule has 0 aliphatic carbocycles. The number of nitrogens with zero attached hydrogens (tertiary/aromatic N) is 1. The Bertz CT molecular complexity index is 1270. The van der Waals surface area contributed by atoms with Crippen molar-refractivity contribution in [3.05, 3.63) is 120 Å². The summed E-state index contributed by atoms with van der Waals surface area (Å²) in [6.07, 6.45) is 3.10. The number of hydrazone groups is 1. The predicted octanol–water partition coefficient (Wildman–Crippen LogP) is 5.03. The van der Waals surface area contributed by atoms with E-state index in [1.807, 2.05) is 30.3 Å². The summed E-state index contributed by atoms with van der Waals surface area (Å²) in [7, 11) is 0. The van der Waals surface area contributed by atoms with E-state index in [4.69, 9.17) is 9.15 Å². The number of furan rings is 1. The zero-order valence-corrected chi connectivity index (χ0v) is 20.2. The van der Waals surface area contributed by atoms with Gasteiger partial charge in [0.2, 0.25) is 0 Å². The van der Waals surface area contributed by atoms with E-state index >= 15 is 0 Å². The summed E-state index contributed by atoms with van der Waals surface area (Å²) >= 11 is 1.75. The first-order valence-electron chi connectivity index (χ1n) is 11.3. The molecule has 0 spiro atoms. The maximum absolute atomic E-state index is 12.4. The fraction of sp³-hybridized carbons (Fsp3) is 0.107. The Morgan fingerprint density at radius 3 is 2.42 bits per heavy atom. The molecule has 2 amide bonds. The van der Waals surface area contributed by atoms with E-state index in [-0.39, 0.29) is 18.4 Å². The van der Waals surface area contributed by atoms with E-state index in [2.05, 4.69) is 28.0 Å². The molecule has 1 heterocycles. The fourth-order valence-electron chi connectivity index (χ4n) is 3.11. The lowest BCUT2D eigenvalue weighted by molar-refractivity contribution is -0.123. The second-order valence-corrected chi connectivity index (χ2v) is 8.76. The SMILES string of the molecule is O=C(COc1ccc(/C=N\NC(=O)c2ccc(CSc3ccccc3)cc2)cc1)NCc1ccco1. The van der Waals surface area contributed by atoms with Crippen LogP contribution in [0.4, 0.5) is 0 Å². The highest BCUT2D eigenvalue weighted by atomic mass is 32.2. The third-order valence-corrected chi connectivity index (χ3v) is 6.12. The number of amides is 2. The van der Waals surface area contributed by atoms with Gasteiger partial charge in [-0.05, 0) is 71.8 Å². The molecule has 0 bridgehead atoms. The van der Waals surface area contributed by atoms with E-state index in [1.165, 1.54) is 4.90 Å². The van der Waals surface area contributed by atoms with Crippen molar-refractivity contribution in [3.8, 4) is 5.75 Å². The van der Waals surface area contributed by atoms with Gasteiger partial charge in [-0.1, -0.05) is 30.3 Å². The smallest absolute Gasteiger partial charge is 0.271 e. The number of carbonyl (C=O) groups is 2. The van der Waals surface area contributed by atoms with Crippen molar-refractivity contribution in [3.63, 3.8) is 0 Å². The van der Waals surface area contributed by atoms with Crippen LogP contribution in [0.2, 0.25) is 0 Å². The summed E-state index contributed by atoms with van der Waals surface area (Å²) in [6, 6.07) is 28.3. The molecule has 2 N–H and O–H groups in total. The number of nitrogens with one attached hydrogen (secondary N) is 2. The maximum atomic E-state index is 12.4. The van der Waals surface area contributed by atoms with E-state index in [0.29, 0.717) is 23.6 Å². The van der Waals surface area contributed by atoms with Crippen LogP contribution in [0.3, 0.4) is 0 Å². The molecule has 7 nitrogen and oxygen atoms in total. The minimum atomic E-state index is -0.283. The number of benzene rings is 3. The van der Waals surface area contributed by atoms with E-state index in [0.717, 1.165) is 16.9 Å². The molecular weight excluding hydrogens is 474 g/mol. The fourth-order valence-corrected chi connectivity index (χ4v) is 3.99. The molecule has 0 saturated heterocycles. The van der Waals surface area contributed by atoms with Gasteiger partial charge in [0, 0.05) is 16.2 Å². The average molecular weight is 500 g/mol. The monoisotopic (exact) mass is 499 g/mol. The van der Waals surface area contributed by atoms with Gasteiger partial charge in [0.25, 0.3) is 11.8 Å². The van der Waals surface area contributed by atoms with Crippen molar-refractivity contribution in [2.24, 2.45) is 5.10 Å². The number of carbonyl (C=O) groups excluding carboxylic acids is 2. The lowest BCUT2D eigenvalue weighted by Crippen LogP contribution is -2.28. The van der Waals surface area contributed by atoms with Crippen LogP contribution in [-0.2, 0) is 17.1 Å². The molecule has 3 aromatic carbocycles. The Morgan fingerprint density at radius 2 is 1.69 bits per heavy atom. The molecule has 0 aliphatic rings. The molecule has 1 aromatic heterocycles. The van der Waals surface area contributed by atoms with Gasteiger partial charge in [-0.15, -0.1) is 11.8 Å². The van der Waals surface area contributed by atoms with Crippen molar-refractivity contribution in [2.45, 2.75) is 17.2 Å².